The minimum atomic E-state index is -0.00671. The summed E-state index contributed by atoms with van der Waals surface area (Å²) in [7, 11) is 0. The maximum Gasteiger partial charge on any atom is 0.262 e. The van der Waals surface area contributed by atoms with Crippen molar-refractivity contribution < 1.29 is 0 Å². The monoisotopic (exact) mass is 475 g/mol. The van der Waals surface area contributed by atoms with Crippen LogP contribution < -0.4 is 5.56 Å². The van der Waals surface area contributed by atoms with Gasteiger partial charge < -0.3 is 0 Å². The molecule has 0 spiro atoms. The quantitative estimate of drug-likeness (QED) is 0.280. The Morgan fingerprint density at radius 3 is 2.64 bits per heavy atom. The van der Waals surface area contributed by atoms with Gasteiger partial charge in [0, 0.05) is 24.1 Å². The van der Waals surface area contributed by atoms with E-state index in [0.717, 1.165) is 34.2 Å². The van der Waals surface area contributed by atoms with Crippen LogP contribution >= 0.6 is 23.1 Å². The molecule has 3 aromatic heterocycles. The molecule has 5 aromatic rings. The van der Waals surface area contributed by atoms with E-state index in [2.05, 4.69) is 53.7 Å². The highest BCUT2D eigenvalue weighted by Gasteiger charge is 2.17. The molecule has 0 saturated heterocycles. The molecule has 0 fully saturated rings. The number of rotatable bonds is 8. The molecule has 0 N–H and O–H groups in total. The molecule has 3 heterocycles. The van der Waals surface area contributed by atoms with Gasteiger partial charge in [-0.15, -0.1) is 21.5 Å². The minimum absolute atomic E-state index is 0.00671. The standard InChI is InChI=1S/C25H25N5OS2/c1-17(2)12-13-29-23(31)20-10-6-7-11-21(20)30-24(29)27-28-25(30)33-16-19-15-32-22(26-19)14-18-8-4-3-5-9-18/h3-11,15,17H,12-14,16H2,1-2H3. The molecular formula is C25H25N5OS2. The van der Waals surface area contributed by atoms with E-state index in [9.17, 15) is 4.79 Å². The van der Waals surface area contributed by atoms with E-state index in [0.29, 0.717) is 29.4 Å². The van der Waals surface area contributed by atoms with Crippen LogP contribution in [-0.2, 0) is 18.7 Å². The molecule has 0 atom stereocenters. The molecule has 33 heavy (non-hydrogen) atoms. The third-order valence-corrected chi connectivity index (χ3v) is 7.42. The molecule has 168 valence electrons. The van der Waals surface area contributed by atoms with Crippen LogP contribution in [0.3, 0.4) is 0 Å². The van der Waals surface area contributed by atoms with Crippen LogP contribution in [0.25, 0.3) is 16.7 Å². The third-order valence-electron chi connectivity index (χ3n) is 5.55. The Labute approximate surface area is 200 Å². The van der Waals surface area contributed by atoms with Crippen molar-refractivity contribution in [3.8, 4) is 0 Å². The Morgan fingerprint density at radius 2 is 1.82 bits per heavy atom. The molecule has 0 aliphatic carbocycles. The summed E-state index contributed by atoms with van der Waals surface area (Å²) in [6.45, 7) is 4.95. The Balaban J connectivity index is 1.44. The average molecular weight is 476 g/mol. The summed E-state index contributed by atoms with van der Waals surface area (Å²) in [5.74, 6) is 1.80. The smallest absolute Gasteiger partial charge is 0.262 e. The van der Waals surface area contributed by atoms with Gasteiger partial charge in [0.2, 0.25) is 5.78 Å². The van der Waals surface area contributed by atoms with Crippen molar-refractivity contribution in [2.24, 2.45) is 5.92 Å². The van der Waals surface area contributed by atoms with Crippen LogP contribution in [0.5, 0.6) is 0 Å². The Kier molecular flexibility index (Phi) is 6.28. The molecule has 5 rings (SSSR count). The van der Waals surface area contributed by atoms with Gasteiger partial charge in [-0.1, -0.05) is 68.1 Å². The molecule has 8 heteroatoms. The number of nitrogens with zero attached hydrogens (tertiary/aromatic N) is 5. The van der Waals surface area contributed by atoms with Crippen molar-refractivity contribution in [1.82, 2.24) is 24.1 Å². The first kappa shape index (κ1) is 21.9. The van der Waals surface area contributed by atoms with Crippen LogP contribution in [0, 0.1) is 5.92 Å². The van der Waals surface area contributed by atoms with E-state index in [1.165, 1.54) is 5.56 Å². The van der Waals surface area contributed by atoms with Gasteiger partial charge in [0.1, 0.15) is 0 Å². The SMILES string of the molecule is CC(C)CCn1c(=O)c2ccccc2n2c(SCc3csc(Cc4ccccc4)n3)nnc12. The first-order valence-electron chi connectivity index (χ1n) is 11.1. The number of benzene rings is 2. The summed E-state index contributed by atoms with van der Waals surface area (Å²) >= 11 is 3.29. The number of thioether (sulfide) groups is 1. The summed E-state index contributed by atoms with van der Waals surface area (Å²) in [4.78, 5) is 18.0. The number of para-hydroxylation sites is 1. The van der Waals surface area contributed by atoms with E-state index >= 15 is 0 Å². The lowest BCUT2D eigenvalue weighted by Crippen LogP contribution is -2.24. The topological polar surface area (TPSA) is 65.1 Å². The molecule has 0 aliphatic heterocycles. The summed E-state index contributed by atoms with van der Waals surface area (Å²) in [6, 6.07) is 18.1. The lowest BCUT2D eigenvalue weighted by atomic mass is 10.1. The second kappa shape index (κ2) is 9.49. The third kappa shape index (κ3) is 4.58. The van der Waals surface area contributed by atoms with Gasteiger partial charge in [0.25, 0.3) is 5.56 Å². The molecular weight excluding hydrogens is 450 g/mol. The van der Waals surface area contributed by atoms with Crippen LogP contribution in [0.15, 0.2) is 69.9 Å². The highest BCUT2D eigenvalue weighted by molar-refractivity contribution is 7.98. The maximum absolute atomic E-state index is 13.2. The zero-order chi connectivity index (χ0) is 22.8. The van der Waals surface area contributed by atoms with Crippen molar-refractivity contribution in [2.45, 2.75) is 44.1 Å². The Morgan fingerprint density at radius 1 is 1.03 bits per heavy atom. The van der Waals surface area contributed by atoms with Gasteiger partial charge in [-0.25, -0.2) is 4.98 Å². The zero-order valence-electron chi connectivity index (χ0n) is 18.6. The number of aromatic nitrogens is 5. The second-order valence-corrected chi connectivity index (χ2v) is 10.3. The fourth-order valence-electron chi connectivity index (χ4n) is 3.82. The number of fused-ring (bicyclic) bond motifs is 3. The van der Waals surface area contributed by atoms with E-state index in [1.807, 2.05) is 34.7 Å². The molecule has 2 aromatic carbocycles. The summed E-state index contributed by atoms with van der Waals surface area (Å²) in [5, 5.41) is 13.6. The van der Waals surface area contributed by atoms with Crippen LogP contribution in [-0.4, -0.2) is 24.1 Å². The lowest BCUT2D eigenvalue weighted by molar-refractivity contribution is 0.512. The summed E-state index contributed by atoms with van der Waals surface area (Å²) in [6.07, 6.45) is 1.75. The number of hydrogen-bond acceptors (Lipinski definition) is 6. The van der Waals surface area contributed by atoms with Crippen molar-refractivity contribution in [1.29, 1.82) is 0 Å². The second-order valence-electron chi connectivity index (χ2n) is 8.46. The van der Waals surface area contributed by atoms with Crippen molar-refractivity contribution >= 4 is 39.8 Å². The fourth-order valence-corrected chi connectivity index (χ4v) is 5.59. The first-order valence-corrected chi connectivity index (χ1v) is 12.9. The molecule has 0 aliphatic rings. The van der Waals surface area contributed by atoms with Gasteiger partial charge >= 0.3 is 0 Å². The van der Waals surface area contributed by atoms with Crippen molar-refractivity contribution in [3.63, 3.8) is 0 Å². The van der Waals surface area contributed by atoms with Gasteiger partial charge in [-0.2, -0.15) is 0 Å². The first-order chi connectivity index (χ1) is 16.1. The molecule has 0 amide bonds. The van der Waals surface area contributed by atoms with E-state index in [4.69, 9.17) is 4.98 Å². The highest BCUT2D eigenvalue weighted by atomic mass is 32.2. The summed E-state index contributed by atoms with van der Waals surface area (Å²) in [5.41, 5.74) is 3.13. The molecule has 6 nitrogen and oxygen atoms in total. The van der Waals surface area contributed by atoms with Gasteiger partial charge in [-0.05, 0) is 30.0 Å². The van der Waals surface area contributed by atoms with Crippen molar-refractivity contribution in [2.75, 3.05) is 0 Å². The molecule has 0 bridgehead atoms. The van der Waals surface area contributed by atoms with Gasteiger partial charge in [0.15, 0.2) is 5.16 Å². The Hall–Kier alpha value is -2.97. The largest absolute Gasteiger partial charge is 0.276 e. The zero-order valence-corrected chi connectivity index (χ0v) is 20.3. The van der Waals surface area contributed by atoms with E-state index < -0.39 is 0 Å². The maximum atomic E-state index is 13.2. The number of thiazole rings is 1. The van der Waals surface area contributed by atoms with E-state index in [1.54, 1.807) is 27.7 Å². The normalized spacial score (nSPS) is 11.7. The van der Waals surface area contributed by atoms with Crippen LogP contribution in [0.4, 0.5) is 0 Å². The highest BCUT2D eigenvalue weighted by Crippen LogP contribution is 2.26. The number of hydrogen-bond donors (Lipinski definition) is 0. The Bertz CT molecular complexity index is 1450. The predicted octanol–water partition coefficient (Wildman–Crippen LogP) is 5.43. The van der Waals surface area contributed by atoms with Gasteiger partial charge in [-0.3, -0.25) is 13.8 Å². The lowest BCUT2D eigenvalue weighted by Gasteiger charge is -2.12. The fraction of sp³-hybridized carbons (Fsp3) is 0.280. The van der Waals surface area contributed by atoms with Crippen LogP contribution in [0.1, 0.15) is 36.5 Å². The molecule has 0 unspecified atom stereocenters. The minimum Gasteiger partial charge on any atom is -0.276 e. The van der Waals surface area contributed by atoms with Crippen molar-refractivity contribution in [3.05, 3.63) is 86.6 Å². The van der Waals surface area contributed by atoms with Gasteiger partial charge in [0.05, 0.1) is 21.6 Å². The number of aryl methyl sites for hydroxylation is 1. The average Bonchev–Trinajstić information content (AvgIpc) is 3.45. The summed E-state index contributed by atoms with van der Waals surface area (Å²) < 4.78 is 3.78. The van der Waals surface area contributed by atoms with E-state index in [-0.39, 0.29) is 5.56 Å². The predicted molar refractivity (Wildman–Crippen MR) is 135 cm³/mol. The molecule has 0 saturated carbocycles. The van der Waals surface area contributed by atoms with Crippen LogP contribution in [0.2, 0.25) is 0 Å². The molecule has 0 radical (unpaired) electrons.